The average Bonchev–Trinajstić information content (AvgIpc) is 2.84. The van der Waals surface area contributed by atoms with Gasteiger partial charge in [0, 0.05) is 30.4 Å². The van der Waals surface area contributed by atoms with E-state index in [9.17, 15) is 9.59 Å². The number of likely N-dealkylation sites (tertiary alicyclic amines) is 1. The number of carbonyl (C=O) groups is 1. The first-order valence-electron chi connectivity index (χ1n) is 11.3. The van der Waals surface area contributed by atoms with Gasteiger partial charge in [0.25, 0.3) is 11.5 Å². The molecule has 0 unspecified atom stereocenters. The first-order chi connectivity index (χ1) is 16.0. The SMILES string of the molecule is CCOc1ccc(-n2cc(C(=O)N3CCC[C@@H](C)C3)c3cc(OC)c(OC)cc3c2=O)cc1. The number of fused-ring (bicyclic) bond motifs is 1. The van der Waals surface area contributed by atoms with Gasteiger partial charge in [-0.2, -0.15) is 0 Å². The molecule has 3 aromatic rings. The molecule has 2 aromatic carbocycles. The Morgan fingerprint density at radius 3 is 2.33 bits per heavy atom. The molecule has 4 rings (SSSR count). The van der Waals surface area contributed by atoms with Crippen molar-refractivity contribution in [2.45, 2.75) is 26.7 Å². The molecular weight excluding hydrogens is 420 g/mol. The molecule has 0 spiro atoms. The van der Waals surface area contributed by atoms with Gasteiger partial charge in [-0.15, -0.1) is 0 Å². The van der Waals surface area contributed by atoms with Crippen LogP contribution in [0.15, 0.2) is 47.4 Å². The molecule has 0 radical (unpaired) electrons. The van der Waals surface area contributed by atoms with Gasteiger partial charge in [0.1, 0.15) is 5.75 Å². The Morgan fingerprint density at radius 1 is 1.06 bits per heavy atom. The van der Waals surface area contributed by atoms with E-state index in [0.29, 0.717) is 59.1 Å². The van der Waals surface area contributed by atoms with Gasteiger partial charge in [-0.1, -0.05) is 6.92 Å². The van der Waals surface area contributed by atoms with Gasteiger partial charge >= 0.3 is 0 Å². The van der Waals surface area contributed by atoms with Gasteiger partial charge in [0.05, 0.1) is 31.8 Å². The quantitative estimate of drug-likeness (QED) is 0.561. The van der Waals surface area contributed by atoms with Crippen LogP contribution in [0.2, 0.25) is 0 Å². The maximum atomic E-state index is 13.7. The summed E-state index contributed by atoms with van der Waals surface area (Å²) in [6.07, 6.45) is 3.73. The smallest absolute Gasteiger partial charge is 0.263 e. The van der Waals surface area contributed by atoms with Crippen molar-refractivity contribution in [3.63, 3.8) is 0 Å². The highest BCUT2D eigenvalue weighted by molar-refractivity contribution is 6.07. The predicted octanol–water partition coefficient (Wildman–Crippen LogP) is 4.28. The molecule has 1 saturated heterocycles. The summed E-state index contributed by atoms with van der Waals surface area (Å²) < 4.78 is 17.9. The normalized spacial score (nSPS) is 16.0. The van der Waals surface area contributed by atoms with Crippen LogP contribution < -0.4 is 19.8 Å². The lowest BCUT2D eigenvalue weighted by molar-refractivity contribution is 0.0684. The van der Waals surface area contributed by atoms with E-state index in [0.717, 1.165) is 18.6 Å². The van der Waals surface area contributed by atoms with Crippen molar-refractivity contribution in [1.82, 2.24) is 9.47 Å². The molecule has 0 aliphatic carbocycles. The van der Waals surface area contributed by atoms with E-state index < -0.39 is 0 Å². The Labute approximate surface area is 193 Å². The molecule has 7 heteroatoms. The van der Waals surface area contributed by atoms with E-state index >= 15 is 0 Å². The van der Waals surface area contributed by atoms with Crippen molar-refractivity contribution in [2.24, 2.45) is 5.92 Å². The number of amides is 1. The predicted molar refractivity (Wildman–Crippen MR) is 128 cm³/mol. The number of benzene rings is 2. The zero-order valence-electron chi connectivity index (χ0n) is 19.6. The van der Waals surface area contributed by atoms with E-state index in [4.69, 9.17) is 14.2 Å². The number of pyridine rings is 1. The largest absolute Gasteiger partial charge is 0.494 e. The van der Waals surface area contributed by atoms with Crippen molar-refractivity contribution >= 4 is 16.7 Å². The van der Waals surface area contributed by atoms with E-state index in [1.807, 2.05) is 36.1 Å². The summed E-state index contributed by atoms with van der Waals surface area (Å²) in [6.45, 7) is 6.05. The van der Waals surface area contributed by atoms with Gasteiger partial charge in [0.15, 0.2) is 11.5 Å². The molecule has 1 atom stereocenters. The highest BCUT2D eigenvalue weighted by Gasteiger charge is 2.26. The number of methoxy groups -OCH3 is 2. The second-order valence-electron chi connectivity index (χ2n) is 8.40. The first kappa shape index (κ1) is 22.7. The van der Waals surface area contributed by atoms with E-state index in [1.165, 1.54) is 11.7 Å². The third-order valence-corrected chi connectivity index (χ3v) is 6.12. The number of carbonyl (C=O) groups excluding carboxylic acids is 1. The summed E-state index contributed by atoms with van der Waals surface area (Å²) in [5.41, 5.74) is 0.883. The van der Waals surface area contributed by atoms with Gasteiger partial charge in [-0.05, 0) is 62.1 Å². The molecular formula is C26H30N2O5. The molecule has 174 valence electrons. The van der Waals surface area contributed by atoms with Crippen LogP contribution in [0.25, 0.3) is 16.5 Å². The van der Waals surface area contributed by atoms with Gasteiger partial charge < -0.3 is 19.1 Å². The molecule has 1 aromatic heterocycles. The molecule has 0 bridgehead atoms. The lowest BCUT2D eigenvalue weighted by Gasteiger charge is -2.31. The summed E-state index contributed by atoms with van der Waals surface area (Å²) in [6, 6.07) is 10.6. The Bertz CT molecular complexity index is 1220. The van der Waals surface area contributed by atoms with Crippen LogP contribution in [0.3, 0.4) is 0 Å². The minimum atomic E-state index is -0.237. The second-order valence-corrected chi connectivity index (χ2v) is 8.40. The molecule has 33 heavy (non-hydrogen) atoms. The van der Waals surface area contributed by atoms with E-state index in [-0.39, 0.29) is 11.5 Å². The Balaban J connectivity index is 1.92. The number of hydrogen-bond donors (Lipinski definition) is 0. The maximum absolute atomic E-state index is 13.7. The summed E-state index contributed by atoms with van der Waals surface area (Å²) in [5.74, 6) is 2.00. The number of hydrogen-bond acceptors (Lipinski definition) is 5. The minimum absolute atomic E-state index is 0.0848. The van der Waals surface area contributed by atoms with E-state index in [2.05, 4.69) is 6.92 Å². The third-order valence-electron chi connectivity index (χ3n) is 6.12. The zero-order valence-corrected chi connectivity index (χ0v) is 19.6. The zero-order chi connectivity index (χ0) is 23.5. The fourth-order valence-corrected chi connectivity index (χ4v) is 4.44. The van der Waals surface area contributed by atoms with Gasteiger partial charge in [-0.25, -0.2) is 0 Å². The van der Waals surface area contributed by atoms with Crippen molar-refractivity contribution in [3.8, 4) is 22.9 Å². The van der Waals surface area contributed by atoms with Crippen LogP contribution in [0.5, 0.6) is 17.2 Å². The number of ether oxygens (including phenoxy) is 3. The van der Waals surface area contributed by atoms with Crippen molar-refractivity contribution in [3.05, 3.63) is 58.5 Å². The first-order valence-corrected chi connectivity index (χ1v) is 11.3. The summed E-state index contributed by atoms with van der Waals surface area (Å²) >= 11 is 0. The third kappa shape index (κ3) is 4.40. The minimum Gasteiger partial charge on any atom is -0.494 e. The van der Waals surface area contributed by atoms with Crippen molar-refractivity contribution in [2.75, 3.05) is 33.9 Å². The monoisotopic (exact) mass is 450 g/mol. The van der Waals surface area contributed by atoms with Gasteiger partial charge in [0.2, 0.25) is 0 Å². The van der Waals surface area contributed by atoms with Crippen LogP contribution in [0.4, 0.5) is 0 Å². The highest BCUT2D eigenvalue weighted by atomic mass is 16.5. The molecule has 1 fully saturated rings. The average molecular weight is 451 g/mol. The number of rotatable bonds is 6. The molecule has 1 aliphatic heterocycles. The lowest BCUT2D eigenvalue weighted by atomic mass is 9.98. The molecule has 0 N–H and O–H groups in total. The standard InChI is InChI=1S/C26H30N2O5/c1-5-33-19-10-8-18(9-11-19)28-16-22(25(29)27-12-6-7-17(2)15-27)20-13-23(31-3)24(32-4)14-21(20)26(28)30/h8-11,13-14,16-17H,5-7,12,15H2,1-4H3/t17-/m1/s1. The van der Waals surface area contributed by atoms with Crippen LogP contribution in [-0.2, 0) is 0 Å². The topological polar surface area (TPSA) is 70.0 Å². The van der Waals surface area contributed by atoms with Gasteiger partial charge in [-0.3, -0.25) is 14.2 Å². The number of piperidine rings is 1. The van der Waals surface area contributed by atoms with E-state index in [1.54, 1.807) is 25.4 Å². The van der Waals surface area contributed by atoms with Crippen LogP contribution in [0, 0.1) is 5.92 Å². The number of nitrogens with zero attached hydrogens (tertiary/aromatic N) is 2. The Kier molecular flexibility index (Phi) is 6.58. The molecule has 7 nitrogen and oxygen atoms in total. The summed E-state index contributed by atoms with van der Waals surface area (Å²) in [7, 11) is 3.07. The second kappa shape index (κ2) is 9.57. The number of aromatic nitrogens is 1. The summed E-state index contributed by atoms with van der Waals surface area (Å²) in [5, 5.41) is 0.959. The fourth-order valence-electron chi connectivity index (χ4n) is 4.44. The van der Waals surface area contributed by atoms with Crippen molar-refractivity contribution in [1.29, 1.82) is 0 Å². The van der Waals surface area contributed by atoms with Crippen LogP contribution in [0.1, 0.15) is 37.0 Å². The molecule has 2 heterocycles. The maximum Gasteiger partial charge on any atom is 0.263 e. The molecule has 1 aliphatic rings. The summed E-state index contributed by atoms with van der Waals surface area (Å²) in [4.78, 5) is 29.1. The molecule has 1 amide bonds. The molecule has 0 saturated carbocycles. The van der Waals surface area contributed by atoms with Crippen LogP contribution >= 0.6 is 0 Å². The lowest BCUT2D eigenvalue weighted by Crippen LogP contribution is -2.39. The van der Waals surface area contributed by atoms with Crippen molar-refractivity contribution < 1.29 is 19.0 Å². The fraction of sp³-hybridized carbons (Fsp3) is 0.385. The van der Waals surface area contributed by atoms with Crippen LogP contribution in [-0.4, -0.2) is 49.3 Å². The Hall–Kier alpha value is -3.48. The highest BCUT2D eigenvalue weighted by Crippen LogP contribution is 2.33. The Morgan fingerprint density at radius 2 is 1.73 bits per heavy atom.